The third kappa shape index (κ3) is 4.19. The number of carbonyl (C=O) groups is 1. The topological polar surface area (TPSA) is 137 Å². The molecular weight excluding hydrogens is 236 g/mol. The van der Waals surface area contributed by atoms with Gasteiger partial charge in [0.2, 0.25) is 0 Å². The molecule has 0 saturated heterocycles. The molecule has 0 spiro atoms. The van der Waals surface area contributed by atoms with E-state index in [0.29, 0.717) is 0 Å². The summed E-state index contributed by atoms with van der Waals surface area (Å²) in [6, 6.07) is 0. The molecule has 102 valence electrons. The second-order valence-corrected chi connectivity index (χ2v) is 3.42. The van der Waals surface area contributed by atoms with Crippen molar-refractivity contribution < 1.29 is 39.8 Å². The summed E-state index contributed by atoms with van der Waals surface area (Å²) in [5, 5.41) is 45.9. The molecule has 0 radical (unpaired) electrons. The predicted molar refractivity (Wildman–Crippen MR) is 54.3 cm³/mol. The van der Waals surface area contributed by atoms with Gasteiger partial charge in [-0.05, 0) is 0 Å². The molecule has 0 aliphatic heterocycles. The highest BCUT2D eigenvalue weighted by atomic mass is 16.5. The molecule has 0 fully saturated rings. The van der Waals surface area contributed by atoms with Crippen LogP contribution in [0.3, 0.4) is 0 Å². The zero-order valence-electron chi connectivity index (χ0n) is 9.55. The Morgan fingerprint density at radius 1 is 1.12 bits per heavy atom. The van der Waals surface area contributed by atoms with Gasteiger partial charge in [-0.3, -0.25) is 0 Å². The van der Waals surface area contributed by atoms with Crippen molar-refractivity contribution in [2.45, 2.75) is 30.5 Å². The summed E-state index contributed by atoms with van der Waals surface area (Å²) < 4.78 is 9.29. The molecule has 8 heteroatoms. The van der Waals surface area contributed by atoms with Crippen LogP contribution in [0.15, 0.2) is 0 Å². The van der Waals surface area contributed by atoms with E-state index in [-0.39, 0.29) is 0 Å². The lowest BCUT2D eigenvalue weighted by atomic mass is 9.99. The number of carboxylic acid groups (broad SMARTS) is 1. The first kappa shape index (κ1) is 16.2. The molecule has 5 N–H and O–H groups in total. The van der Waals surface area contributed by atoms with Crippen LogP contribution in [0.5, 0.6) is 0 Å². The first-order valence-electron chi connectivity index (χ1n) is 4.84. The lowest BCUT2D eigenvalue weighted by Gasteiger charge is -2.30. The number of hydrogen-bond acceptors (Lipinski definition) is 7. The molecule has 0 aliphatic carbocycles. The molecule has 0 amide bonds. The van der Waals surface area contributed by atoms with E-state index in [9.17, 15) is 20.1 Å². The number of methoxy groups -OCH3 is 2. The molecule has 8 nitrogen and oxygen atoms in total. The van der Waals surface area contributed by atoms with Crippen molar-refractivity contribution in [1.82, 2.24) is 0 Å². The van der Waals surface area contributed by atoms with Crippen molar-refractivity contribution in [2.75, 3.05) is 20.8 Å². The molecule has 0 bridgehead atoms. The van der Waals surface area contributed by atoms with Gasteiger partial charge < -0.3 is 35.0 Å². The zero-order chi connectivity index (χ0) is 13.6. The maximum atomic E-state index is 10.5. The average molecular weight is 254 g/mol. The van der Waals surface area contributed by atoms with Crippen LogP contribution in [-0.2, 0) is 14.3 Å². The first-order chi connectivity index (χ1) is 7.90. The molecule has 0 aromatic rings. The van der Waals surface area contributed by atoms with Crippen LogP contribution in [0.2, 0.25) is 0 Å². The molecule has 5 unspecified atom stereocenters. The third-order valence-corrected chi connectivity index (χ3v) is 2.39. The van der Waals surface area contributed by atoms with Gasteiger partial charge in [0.15, 0.2) is 6.10 Å². The summed E-state index contributed by atoms with van der Waals surface area (Å²) in [4.78, 5) is 10.5. The van der Waals surface area contributed by atoms with E-state index in [4.69, 9.17) is 10.2 Å². The fourth-order valence-electron chi connectivity index (χ4n) is 1.33. The van der Waals surface area contributed by atoms with E-state index in [2.05, 4.69) is 9.47 Å². The SMILES string of the molecule is COC(CO)C(O)C(O)C(OC)C(O)C(=O)O. The van der Waals surface area contributed by atoms with E-state index >= 15 is 0 Å². The molecule has 0 rings (SSSR count). The van der Waals surface area contributed by atoms with Gasteiger partial charge in [-0.1, -0.05) is 0 Å². The van der Waals surface area contributed by atoms with E-state index in [1.807, 2.05) is 0 Å². The standard InChI is InChI=1S/C9H18O8/c1-16-4(3-10)5(11)6(12)8(17-2)7(13)9(14)15/h4-8,10-13H,3H2,1-2H3,(H,14,15). The average Bonchev–Trinajstić information content (AvgIpc) is 2.30. The molecule has 0 aromatic heterocycles. The highest BCUT2D eigenvalue weighted by Gasteiger charge is 2.39. The third-order valence-electron chi connectivity index (χ3n) is 2.39. The number of carboxylic acids is 1. The second kappa shape index (κ2) is 7.54. The van der Waals surface area contributed by atoms with Gasteiger partial charge in [-0.2, -0.15) is 0 Å². The Hall–Kier alpha value is -0.770. The molecule has 5 atom stereocenters. The van der Waals surface area contributed by atoms with Crippen LogP contribution >= 0.6 is 0 Å². The number of aliphatic hydroxyl groups is 4. The van der Waals surface area contributed by atoms with E-state index < -0.39 is 43.1 Å². The fourth-order valence-corrected chi connectivity index (χ4v) is 1.33. The second-order valence-electron chi connectivity index (χ2n) is 3.42. The lowest BCUT2D eigenvalue weighted by Crippen LogP contribution is -2.53. The maximum absolute atomic E-state index is 10.5. The van der Waals surface area contributed by atoms with Crippen molar-refractivity contribution in [3.8, 4) is 0 Å². The highest BCUT2D eigenvalue weighted by molar-refractivity contribution is 5.72. The summed E-state index contributed by atoms with van der Waals surface area (Å²) >= 11 is 0. The number of rotatable bonds is 8. The van der Waals surface area contributed by atoms with Crippen LogP contribution < -0.4 is 0 Å². The number of ether oxygens (including phenoxy) is 2. The smallest absolute Gasteiger partial charge is 0.335 e. The number of hydrogen-bond donors (Lipinski definition) is 5. The van der Waals surface area contributed by atoms with E-state index in [1.54, 1.807) is 0 Å². The van der Waals surface area contributed by atoms with E-state index in [1.165, 1.54) is 7.11 Å². The van der Waals surface area contributed by atoms with Crippen molar-refractivity contribution in [2.24, 2.45) is 0 Å². The molecule has 0 saturated carbocycles. The van der Waals surface area contributed by atoms with Gasteiger partial charge in [0.1, 0.15) is 24.4 Å². The van der Waals surface area contributed by atoms with Crippen LogP contribution in [0.25, 0.3) is 0 Å². The minimum absolute atomic E-state index is 0.575. The Bertz CT molecular complexity index is 229. The summed E-state index contributed by atoms with van der Waals surface area (Å²) in [7, 11) is 2.28. The Labute approximate surface area is 98.0 Å². The Kier molecular flexibility index (Phi) is 7.19. The lowest BCUT2D eigenvalue weighted by molar-refractivity contribution is -0.176. The Balaban J connectivity index is 4.73. The monoisotopic (exact) mass is 254 g/mol. The number of aliphatic carboxylic acids is 1. The van der Waals surface area contributed by atoms with Gasteiger partial charge >= 0.3 is 5.97 Å². The van der Waals surface area contributed by atoms with Gasteiger partial charge in [0.05, 0.1) is 6.61 Å². The quantitative estimate of drug-likeness (QED) is 0.313. The van der Waals surface area contributed by atoms with Gasteiger partial charge in [-0.25, -0.2) is 4.79 Å². The summed E-state index contributed by atoms with van der Waals surface area (Å²) in [6.07, 6.45) is -7.96. The zero-order valence-corrected chi connectivity index (χ0v) is 9.55. The fraction of sp³-hybridized carbons (Fsp3) is 0.889. The van der Waals surface area contributed by atoms with Crippen LogP contribution in [0, 0.1) is 0 Å². The minimum atomic E-state index is -2.00. The van der Waals surface area contributed by atoms with Crippen LogP contribution in [0.4, 0.5) is 0 Å². The Morgan fingerprint density at radius 2 is 1.65 bits per heavy atom. The Morgan fingerprint density at radius 3 is 1.94 bits per heavy atom. The molecule has 0 aliphatic rings. The van der Waals surface area contributed by atoms with Crippen molar-refractivity contribution >= 4 is 5.97 Å². The summed E-state index contributed by atoms with van der Waals surface area (Å²) in [6.45, 7) is -0.575. The first-order valence-corrected chi connectivity index (χ1v) is 4.84. The molecular formula is C9H18O8. The van der Waals surface area contributed by atoms with Crippen LogP contribution in [0.1, 0.15) is 0 Å². The van der Waals surface area contributed by atoms with Crippen molar-refractivity contribution in [3.05, 3.63) is 0 Å². The largest absolute Gasteiger partial charge is 0.479 e. The van der Waals surface area contributed by atoms with Gasteiger partial charge in [0.25, 0.3) is 0 Å². The van der Waals surface area contributed by atoms with Crippen LogP contribution in [-0.4, -0.2) is 82.8 Å². The van der Waals surface area contributed by atoms with Gasteiger partial charge in [0, 0.05) is 14.2 Å². The molecule has 0 aromatic carbocycles. The van der Waals surface area contributed by atoms with Crippen molar-refractivity contribution in [1.29, 1.82) is 0 Å². The summed E-state index contributed by atoms with van der Waals surface area (Å²) in [5.74, 6) is -1.60. The van der Waals surface area contributed by atoms with E-state index in [0.717, 1.165) is 7.11 Å². The highest BCUT2D eigenvalue weighted by Crippen LogP contribution is 2.13. The predicted octanol–water partition coefficient (Wildman–Crippen LogP) is -2.82. The minimum Gasteiger partial charge on any atom is -0.479 e. The molecule has 0 heterocycles. The van der Waals surface area contributed by atoms with Crippen molar-refractivity contribution in [3.63, 3.8) is 0 Å². The maximum Gasteiger partial charge on any atom is 0.335 e. The summed E-state index contributed by atoms with van der Waals surface area (Å²) in [5.41, 5.74) is 0. The number of aliphatic hydroxyl groups excluding tert-OH is 4. The van der Waals surface area contributed by atoms with Gasteiger partial charge in [-0.15, -0.1) is 0 Å². The normalized spacial score (nSPS) is 20.4. The molecule has 17 heavy (non-hydrogen) atoms.